The minimum atomic E-state index is 0.591. The first kappa shape index (κ1) is 14.6. The van der Waals surface area contributed by atoms with Gasteiger partial charge in [-0.15, -0.1) is 0 Å². The quantitative estimate of drug-likeness (QED) is 0.861. The van der Waals surface area contributed by atoms with Gasteiger partial charge in [0.25, 0.3) is 0 Å². The second kappa shape index (κ2) is 6.20. The highest BCUT2D eigenvalue weighted by Crippen LogP contribution is 2.39. The molecule has 3 rings (SSSR count). The third-order valence-corrected chi connectivity index (χ3v) is 5.04. The van der Waals surface area contributed by atoms with E-state index in [1.807, 2.05) is 7.05 Å². The van der Waals surface area contributed by atoms with Crippen molar-refractivity contribution in [3.05, 3.63) is 11.4 Å². The first-order valence-electron chi connectivity index (χ1n) is 8.47. The molecule has 0 bridgehead atoms. The summed E-state index contributed by atoms with van der Waals surface area (Å²) in [5, 5.41) is 6.82. The zero-order valence-corrected chi connectivity index (χ0v) is 13.6. The number of hydrogen-bond donors (Lipinski definition) is 2. The first-order valence-corrected chi connectivity index (χ1v) is 8.47. The first-order chi connectivity index (χ1) is 10.2. The molecule has 0 unspecified atom stereocenters. The monoisotopic (exact) mass is 288 g/mol. The standard InChI is InChI=1S/C17H28N4/c1-11-4-6-13(7-5-11)10-19-16-12(2)15(18-3)20-17(21-16)14-8-9-14/h11,13-14H,4-10H2,1-3H3,(H2,18,19,20,21). The van der Waals surface area contributed by atoms with Crippen molar-refractivity contribution in [2.75, 3.05) is 24.2 Å². The average Bonchev–Trinajstić information content (AvgIpc) is 3.32. The lowest BCUT2D eigenvalue weighted by Crippen LogP contribution is -2.21. The molecule has 2 fully saturated rings. The highest BCUT2D eigenvalue weighted by atomic mass is 15.1. The van der Waals surface area contributed by atoms with E-state index < -0.39 is 0 Å². The Bertz CT molecular complexity index is 488. The van der Waals surface area contributed by atoms with E-state index in [2.05, 4.69) is 29.5 Å². The van der Waals surface area contributed by atoms with Crippen LogP contribution in [-0.4, -0.2) is 23.6 Å². The van der Waals surface area contributed by atoms with Crippen molar-refractivity contribution in [3.63, 3.8) is 0 Å². The maximum Gasteiger partial charge on any atom is 0.136 e. The van der Waals surface area contributed by atoms with Crippen molar-refractivity contribution in [1.82, 2.24) is 9.97 Å². The zero-order chi connectivity index (χ0) is 14.8. The fourth-order valence-electron chi connectivity index (χ4n) is 3.25. The Morgan fingerprint density at radius 3 is 2.29 bits per heavy atom. The summed E-state index contributed by atoms with van der Waals surface area (Å²) in [7, 11) is 1.94. The molecular weight excluding hydrogens is 260 g/mol. The molecule has 2 aliphatic carbocycles. The third-order valence-electron chi connectivity index (χ3n) is 5.04. The van der Waals surface area contributed by atoms with Gasteiger partial charge in [0.2, 0.25) is 0 Å². The van der Waals surface area contributed by atoms with E-state index in [4.69, 9.17) is 4.98 Å². The van der Waals surface area contributed by atoms with E-state index >= 15 is 0 Å². The van der Waals surface area contributed by atoms with E-state index in [1.54, 1.807) is 0 Å². The highest BCUT2D eigenvalue weighted by Gasteiger charge is 2.28. The molecule has 0 atom stereocenters. The Hall–Kier alpha value is -1.32. The van der Waals surface area contributed by atoms with Crippen LogP contribution in [0.15, 0.2) is 0 Å². The van der Waals surface area contributed by atoms with E-state index in [0.29, 0.717) is 5.92 Å². The molecule has 1 aromatic rings. The molecule has 1 heterocycles. The van der Waals surface area contributed by atoms with Crippen molar-refractivity contribution >= 4 is 11.6 Å². The predicted molar refractivity (Wildman–Crippen MR) is 87.9 cm³/mol. The summed E-state index contributed by atoms with van der Waals surface area (Å²) in [4.78, 5) is 9.44. The van der Waals surface area contributed by atoms with Crippen LogP contribution >= 0.6 is 0 Å². The van der Waals surface area contributed by atoms with Crippen LogP contribution in [0.25, 0.3) is 0 Å². The molecule has 2 saturated carbocycles. The van der Waals surface area contributed by atoms with Crippen molar-refractivity contribution in [3.8, 4) is 0 Å². The molecule has 4 heteroatoms. The summed E-state index contributed by atoms with van der Waals surface area (Å²) >= 11 is 0. The largest absolute Gasteiger partial charge is 0.373 e. The summed E-state index contributed by atoms with van der Waals surface area (Å²) in [6, 6.07) is 0. The molecule has 0 spiro atoms. The molecule has 0 amide bonds. The Morgan fingerprint density at radius 2 is 1.67 bits per heavy atom. The molecule has 2 N–H and O–H groups in total. The lowest BCUT2D eigenvalue weighted by Gasteiger charge is -2.26. The van der Waals surface area contributed by atoms with Crippen LogP contribution in [0.4, 0.5) is 11.6 Å². The molecule has 0 aromatic carbocycles. The lowest BCUT2D eigenvalue weighted by atomic mass is 9.83. The number of nitrogens with one attached hydrogen (secondary N) is 2. The maximum atomic E-state index is 4.78. The second-order valence-electron chi connectivity index (χ2n) is 6.94. The van der Waals surface area contributed by atoms with Crippen molar-refractivity contribution < 1.29 is 0 Å². The lowest BCUT2D eigenvalue weighted by molar-refractivity contribution is 0.300. The molecule has 0 aliphatic heterocycles. The predicted octanol–water partition coefficient (Wildman–Crippen LogP) is 3.94. The summed E-state index contributed by atoms with van der Waals surface area (Å²) in [5.74, 6) is 5.34. The number of rotatable bonds is 5. The number of anilines is 2. The number of aromatic nitrogens is 2. The van der Waals surface area contributed by atoms with Crippen LogP contribution in [0.5, 0.6) is 0 Å². The van der Waals surface area contributed by atoms with Gasteiger partial charge < -0.3 is 10.6 Å². The van der Waals surface area contributed by atoms with Gasteiger partial charge in [0.05, 0.1) is 0 Å². The van der Waals surface area contributed by atoms with Crippen LogP contribution < -0.4 is 10.6 Å². The second-order valence-corrected chi connectivity index (χ2v) is 6.94. The summed E-state index contributed by atoms with van der Waals surface area (Å²) in [6.07, 6.45) is 7.95. The molecular formula is C17H28N4. The molecule has 1 aromatic heterocycles. The van der Waals surface area contributed by atoms with Gasteiger partial charge in [-0.25, -0.2) is 9.97 Å². The van der Waals surface area contributed by atoms with E-state index in [9.17, 15) is 0 Å². The van der Waals surface area contributed by atoms with Gasteiger partial charge in [0.1, 0.15) is 17.5 Å². The van der Waals surface area contributed by atoms with Gasteiger partial charge in [-0.2, -0.15) is 0 Å². The van der Waals surface area contributed by atoms with E-state index in [-0.39, 0.29) is 0 Å². The average molecular weight is 288 g/mol. The Morgan fingerprint density at radius 1 is 1.00 bits per heavy atom. The normalized spacial score (nSPS) is 25.7. The van der Waals surface area contributed by atoms with E-state index in [1.165, 1.54) is 38.5 Å². The van der Waals surface area contributed by atoms with Crippen molar-refractivity contribution in [2.45, 2.75) is 58.3 Å². The molecule has 4 nitrogen and oxygen atoms in total. The van der Waals surface area contributed by atoms with Crippen molar-refractivity contribution in [1.29, 1.82) is 0 Å². The minimum absolute atomic E-state index is 0.591. The van der Waals surface area contributed by atoms with Gasteiger partial charge in [-0.1, -0.05) is 19.8 Å². The van der Waals surface area contributed by atoms with Gasteiger partial charge in [-0.3, -0.25) is 0 Å². The number of hydrogen-bond acceptors (Lipinski definition) is 4. The number of nitrogens with zero attached hydrogens (tertiary/aromatic N) is 2. The summed E-state index contributed by atoms with van der Waals surface area (Å²) in [6.45, 7) is 5.53. The van der Waals surface area contributed by atoms with E-state index in [0.717, 1.165) is 41.4 Å². The molecule has 2 aliphatic rings. The topological polar surface area (TPSA) is 49.8 Å². The van der Waals surface area contributed by atoms with Gasteiger partial charge >= 0.3 is 0 Å². The molecule has 116 valence electrons. The molecule has 21 heavy (non-hydrogen) atoms. The maximum absolute atomic E-state index is 4.78. The van der Waals surface area contributed by atoms with Gasteiger partial charge in [-0.05, 0) is 44.4 Å². The van der Waals surface area contributed by atoms with Gasteiger partial charge in [0.15, 0.2) is 0 Å². The van der Waals surface area contributed by atoms with Crippen LogP contribution in [0.3, 0.4) is 0 Å². The summed E-state index contributed by atoms with van der Waals surface area (Å²) < 4.78 is 0. The molecule has 0 saturated heterocycles. The third kappa shape index (κ3) is 3.47. The van der Waals surface area contributed by atoms with Crippen LogP contribution in [0.2, 0.25) is 0 Å². The van der Waals surface area contributed by atoms with Crippen LogP contribution in [0, 0.1) is 18.8 Å². The fourth-order valence-corrected chi connectivity index (χ4v) is 3.25. The zero-order valence-electron chi connectivity index (χ0n) is 13.6. The van der Waals surface area contributed by atoms with Crippen LogP contribution in [-0.2, 0) is 0 Å². The Kier molecular flexibility index (Phi) is 4.32. The Balaban J connectivity index is 1.67. The minimum Gasteiger partial charge on any atom is -0.373 e. The fraction of sp³-hybridized carbons (Fsp3) is 0.765. The van der Waals surface area contributed by atoms with Crippen molar-refractivity contribution in [2.24, 2.45) is 11.8 Å². The Labute approximate surface area is 128 Å². The smallest absolute Gasteiger partial charge is 0.136 e. The molecule has 0 radical (unpaired) electrons. The SMILES string of the molecule is CNc1nc(C2CC2)nc(NCC2CCC(C)CC2)c1C. The van der Waals surface area contributed by atoms with Crippen LogP contribution in [0.1, 0.15) is 62.8 Å². The van der Waals surface area contributed by atoms with Gasteiger partial charge in [0, 0.05) is 25.1 Å². The highest BCUT2D eigenvalue weighted by molar-refractivity contribution is 5.57. The summed E-state index contributed by atoms with van der Waals surface area (Å²) in [5.41, 5.74) is 1.14.